The minimum absolute atomic E-state index is 0.724. The van der Waals surface area contributed by atoms with E-state index in [9.17, 15) is 0 Å². The predicted molar refractivity (Wildman–Crippen MR) is 76.3 cm³/mol. The summed E-state index contributed by atoms with van der Waals surface area (Å²) in [5, 5.41) is 5.30. The summed E-state index contributed by atoms with van der Waals surface area (Å²) in [4.78, 5) is 0. The largest absolute Gasteiger partial charge is 0.316 e. The van der Waals surface area contributed by atoms with Crippen LogP contribution in [0.1, 0.15) is 65.2 Å². The van der Waals surface area contributed by atoms with Crippen molar-refractivity contribution in [1.82, 2.24) is 5.32 Å². The third-order valence-electron chi connectivity index (χ3n) is 3.74. The molecule has 0 bridgehead atoms. The van der Waals surface area contributed by atoms with Gasteiger partial charge in [-0.15, -0.1) is 0 Å². The molecule has 1 aliphatic rings. The summed E-state index contributed by atoms with van der Waals surface area (Å²) in [5.74, 6) is 0. The van der Waals surface area contributed by atoms with Crippen LogP contribution in [0.2, 0.25) is 0 Å². The highest BCUT2D eigenvalue weighted by Gasteiger charge is 2.23. The standard InChI is InChI=1S/C14H29NS/c1-4-9-13(15-3)14(5-2)16-12-10-7-6-8-11-12/h12-15H,4-11H2,1-3H3. The SMILES string of the molecule is CCCC(NC)C(CC)SC1CCCCC1. The number of thioether (sulfide) groups is 1. The first-order chi connectivity index (χ1) is 7.81. The van der Waals surface area contributed by atoms with E-state index in [0.29, 0.717) is 0 Å². The first kappa shape index (κ1) is 14.4. The van der Waals surface area contributed by atoms with Crippen molar-refractivity contribution in [2.45, 2.75) is 81.8 Å². The summed E-state index contributed by atoms with van der Waals surface area (Å²) >= 11 is 2.28. The van der Waals surface area contributed by atoms with Crippen LogP contribution >= 0.6 is 11.8 Å². The maximum atomic E-state index is 3.52. The third-order valence-corrected chi connectivity index (χ3v) is 5.61. The van der Waals surface area contributed by atoms with Crippen molar-refractivity contribution in [3.63, 3.8) is 0 Å². The molecule has 0 radical (unpaired) electrons. The molecule has 0 aromatic carbocycles. The van der Waals surface area contributed by atoms with Crippen molar-refractivity contribution in [3.05, 3.63) is 0 Å². The van der Waals surface area contributed by atoms with Crippen LogP contribution in [0.3, 0.4) is 0 Å². The molecule has 1 saturated carbocycles. The predicted octanol–water partition coefficient (Wildman–Crippen LogP) is 4.22. The molecule has 2 heteroatoms. The van der Waals surface area contributed by atoms with E-state index in [1.807, 2.05) is 0 Å². The Kier molecular flexibility index (Phi) is 7.55. The van der Waals surface area contributed by atoms with Crippen LogP contribution in [0.15, 0.2) is 0 Å². The van der Waals surface area contributed by atoms with E-state index >= 15 is 0 Å². The normalized spacial score (nSPS) is 21.9. The van der Waals surface area contributed by atoms with Crippen molar-refractivity contribution in [2.75, 3.05) is 7.05 Å². The van der Waals surface area contributed by atoms with Gasteiger partial charge in [0.05, 0.1) is 0 Å². The molecule has 2 unspecified atom stereocenters. The van der Waals surface area contributed by atoms with Crippen LogP contribution in [-0.2, 0) is 0 Å². The fourth-order valence-corrected chi connectivity index (χ4v) is 4.51. The van der Waals surface area contributed by atoms with E-state index in [0.717, 1.165) is 16.5 Å². The zero-order valence-corrected chi connectivity index (χ0v) is 12.1. The molecule has 2 atom stereocenters. The maximum Gasteiger partial charge on any atom is 0.0201 e. The molecule has 1 rings (SSSR count). The molecule has 16 heavy (non-hydrogen) atoms. The van der Waals surface area contributed by atoms with E-state index in [1.54, 1.807) is 0 Å². The van der Waals surface area contributed by atoms with Gasteiger partial charge in [-0.1, -0.05) is 39.5 Å². The molecule has 1 fully saturated rings. The van der Waals surface area contributed by atoms with Crippen molar-refractivity contribution >= 4 is 11.8 Å². The highest BCUT2D eigenvalue weighted by molar-refractivity contribution is 8.00. The second-order valence-electron chi connectivity index (χ2n) is 5.03. The molecule has 1 nitrogen and oxygen atoms in total. The Morgan fingerprint density at radius 2 is 1.88 bits per heavy atom. The second kappa shape index (κ2) is 8.41. The first-order valence-electron chi connectivity index (χ1n) is 7.14. The lowest BCUT2D eigenvalue weighted by molar-refractivity contribution is 0.479. The molecule has 0 aromatic heterocycles. The van der Waals surface area contributed by atoms with Crippen LogP contribution in [0.25, 0.3) is 0 Å². The van der Waals surface area contributed by atoms with Crippen molar-refractivity contribution < 1.29 is 0 Å². The molecule has 0 aromatic rings. The van der Waals surface area contributed by atoms with Gasteiger partial charge in [0.2, 0.25) is 0 Å². The zero-order chi connectivity index (χ0) is 11.8. The average molecular weight is 243 g/mol. The Hall–Kier alpha value is 0.310. The molecule has 0 aliphatic heterocycles. The lowest BCUT2D eigenvalue weighted by Crippen LogP contribution is -2.36. The van der Waals surface area contributed by atoms with E-state index in [1.165, 1.54) is 51.4 Å². The van der Waals surface area contributed by atoms with Crippen LogP contribution in [-0.4, -0.2) is 23.6 Å². The minimum atomic E-state index is 0.724. The van der Waals surface area contributed by atoms with Gasteiger partial charge >= 0.3 is 0 Å². The Bertz CT molecular complexity index is 166. The monoisotopic (exact) mass is 243 g/mol. The first-order valence-corrected chi connectivity index (χ1v) is 8.08. The van der Waals surface area contributed by atoms with Crippen LogP contribution in [0.5, 0.6) is 0 Å². The summed E-state index contributed by atoms with van der Waals surface area (Å²) < 4.78 is 0. The molecule has 1 aliphatic carbocycles. The fraction of sp³-hybridized carbons (Fsp3) is 1.00. The van der Waals surface area contributed by atoms with Gasteiger partial charge in [0.1, 0.15) is 0 Å². The van der Waals surface area contributed by atoms with Gasteiger partial charge in [0, 0.05) is 16.5 Å². The van der Waals surface area contributed by atoms with Crippen molar-refractivity contribution in [1.29, 1.82) is 0 Å². The van der Waals surface area contributed by atoms with Gasteiger partial charge in [0.25, 0.3) is 0 Å². The summed E-state index contributed by atoms with van der Waals surface area (Å²) in [6, 6.07) is 0.724. The van der Waals surface area contributed by atoms with Gasteiger partial charge < -0.3 is 5.32 Å². The van der Waals surface area contributed by atoms with Crippen LogP contribution in [0.4, 0.5) is 0 Å². The second-order valence-corrected chi connectivity index (χ2v) is 6.57. The molecule has 0 spiro atoms. The van der Waals surface area contributed by atoms with E-state index in [2.05, 4.69) is 38.0 Å². The lowest BCUT2D eigenvalue weighted by atomic mass is 10.0. The molecular weight excluding hydrogens is 214 g/mol. The average Bonchev–Trinajstić information content (AvgIpc) is 2.35. The minimum Gasteiger partial charge on any atom is -0.316 e. The molecule has 0 heterocycles. The van der Waals surface area contributed by atoms with E-state index in [-0.39, 0.29) is 0 Å². The van der Waals surface area contributed by atoms with Gasteiger partial charge in [-0.05, 0) is 32.7 Å². The molecular formula is C14H29NS. The Morgan fingerprint density at radius 1 is 1.19 bits per heavy atom. The summed E-state index contributed by atoms with van der Waals surface area (Å²) in [7, 11) is 2.13. The summed E-state index contributed by atoms with van der Waals surface area (Å²) in [6.45, 7) is 4.64. The van der Waals surface area contributed by atoms with Crippen LogP contribution < -0.4 is 5.32 Å². The number of hydrogen-bond acceptors (Lipinski definition) is 2. The van der Waals surface area contributed by atoms with E-state index in [4.69, 9.17) is 0 Å². The number of hydrogen-bond donors (Lipinski definition) is 1. The topological polar surface area (TPSA) is 12.0 Å². The summed E-state index contributed by atoms with van der Waals surface area (Å²) in [5.41, 5.74) is 0. The van der Waals surface area contributed by atoms with Crippen molar-refractivity contribution in [2.24, 2.45) is 0 Å². The van der Waals surface area contributed by atoms with Gasteiger partial charge in [-0.3, -0.25) is 0 Å². The van der Waals surface area contributed by atoms with Gasteiger partial charge in [-0.25, -0.2) is 0 Å². The summed E-state index contributed by atoms with van der Waals surface area (Å²) in [6.07, 6.45) is 11.3. The molecule has 96 valence electrons. The molecule has 0 amide bonds. The molecule has 0 saturated heterocycles. The highest BCUT2D eigenvalue weighted by atomic mass is 32.2. The van der Waals surface area contributed by atoms with Gasteiger partial charge in [0.15, 0.2) is 0 Å². The number of rotatable bonds is 7. The zero-order valence-electron chi connectivity index (χ0n) is 11.3. The highest BCUT2D eigenvalue weighted by Crippen LogP contribution is 2.34. The lowest BCUT2D eigenvalue weighted by Gasteiger charge is -2.30. The Balaban J connectivity index is 2.38. The molecule has 1 N–H and O–H groups in total. The van der Waals surface area contributed by atoms with Crippen molar-refractivity contribution in [3.8, 4) is 0 Å². The quantitative estimate of drug-likeness (QED) is 0.718. The van der Waals surface area contributed by atoms with Gasteiger partial charge in [-0.2, -0.15) is 11.8 Å². The smallest absolute Gasteiger partial charge is 0.0201 e. The van der Waals surface area contributed by atoms with Crippen LogP contribution in [0, 0.1) is 0 Å². The third kappa shape index (κ3) is 4.67. The Morgan fingerprint density at radius 3 is 2.38 bits per heavy atom. The van der Waals surface area contributed by atoms with E-state index < -0.39 is 0 Å². The maximum absolute atomic E-state index is 3.52. The Labute approximate surface area is 106 Å². The number of nitrogens with one attached hydrogen (secondary N) is 1. The fourth-order valence-electron chi connectivity index (χ4n) is 2.75.